The third-order valence-electron chi connectivity index (χ3n) is 1.92. The molecule has 2 aromatic heterocycles. The Bertz CT molecular complexity index is 397. The van der Waals surface area contributed by atoms with Gasteiger partial charge in [0.05, 0.1) is 18.2 Å². The minimum atomic E-state index is -0.439. The summed E-state index contributed by atoms with van der Waals surface area (Å²) in [5, 5.41) is 0. The SMILES string of the molecule is NC(c1ccc(F)cn1)c1ccco1. The van der Waals surface area contributed by atoms with Crippen LogP contribution in [0.25, 0.3) is 0 Å². The predicted octanol–water partition coefficient (Wildman–Crippen LogP) is 1.86. The highest BCUT2D eigenvalue weighted by Gasteiger charge is 2.12. The van der Waals surface area contributed by atoms with Crippen molar-refractivity contribution in [3.63, 3.8) is 0 Å². The van der Waals surface area contributed by atoms with Gasteiger partial charge >= 0.3 is 0 Å². The summed E-state index contributed by atoms with van der Waals surface area (Å²) < 4.78 is 17.7. The van der Waals surface area contributed by atoms with Gasteiger partial charge in [-0.2, -0.15) is 0 Å². The molecule has 0 amide bonds. The van der Waals surface area contributed by atoms with E-state index >= 15 is 0 Å². The van der Waals surface area contributed by atoms with Crippen LogP contribution in [0.1, 0.15) is 17.5 Å². The van der Waals surface area contributed by atoms with Gasteiger partial charge in [-0.1, -0.05) is 0 Å². The summed E-state index contributed by atoms with van der Waals surface area (Å²) in [6.45, 7) is 0. The lowest BCUT2D eigenvalue weighted by atomic mass is 10.1. The van der Waals surface area contributed by atoms with Gasteiger partial charge in [0.2, 0.25) is 0 Å². The fourth-order valence-electron chi connectivity index (χ4n) is 1.19. The minimum absolute atomic E-state index is 0.375. The standard InChI is InChI=1S/C10H9FN2O/c11-7-3-4-8(13-6-7)10(12)9-2-1-5-14-9/h1-6,10H,12H2. The molecule has 14 heavy (non-hydrogen) atoms. The maximum Gasteiger partial charge on any atom is 0.141 e. The van der Waals surface area contributed by atoms with Crippen molar-refractivity contribution >= 4 is 0 Å². The van der Waals surface area contributed by atoms with Crippen molar-refractivity contribution in [3.05, 3.63) is 54.0 Å². The van der Waals surface area contributed by atoms with Crippen molar-refractivity contribution in [1.29, 1.82) is 0 Å². The van der Waals surface area contributed by atoms with Crippen LogP contribution < -0.4 is 5.73 Å². The Hall–Kier alpha value is -1.68. The zero-order valence-corrected chi connectivity index (χ0v) is 7.35. The average Bonchev–Trinajstić information content (AvgIpc) is 2.71. The first-order valence-corrected chi connectivity index (χ1v) is 4.18. The lowest BCUT2D eigenvalue weighted by Crippen LogP contribution is -2.12. The molecule has 3 nitrogen and oxygen atoms in total. The summed E-state index contributed by atoms with van der Waals surface area (Å²) in [6.07, 6.45) is 2.68. The van der Waals surface area contributed by atoms with E-state index in [0.29, 0.717) is 11.5 Å². The molecule has 2 heterocycles. The number of rotatable bonds is 2. The molecule has 2 rings (SSSR count). The third kappa shape index (κ3) is 1.65. The number of hydrogen-bond acceptors (Lipinski definition) is 3. The van der Waals surface area contributed by atoms with Gasteiger partial charge in [0.1, 0.15) is 17.6 Å². The van der Waals surface area contributed by atoms with Crippen molar-refractivity contribution in [3.8, 4) is 0 Å². The van der Waals surface area contributed by atoms with E-state index in [9.17, 15) is 4.39 Å². The van der Waals surface area contributed by atoms with Gasteiger partial charge in [-0.05, 0) is 24.3 Å². The zero-order valence-electron chi connectivity index (χ0n) is 7.35. The van der Waals surface area contributed by atoms with E-state index in [1.54, 1.807) is 24.5 Å². The van der Waals surface area contributed by atoms with Crippen molar-refractivity contribution in [2.45, 2.75) is 6.04 Å². The molecule has 0 bridgehead atoms. The summed E-state index contributed by atoms with van der Waals surface area (Å²) >= 11 is 0. The zero-order chi connectivity index (χ0) is 9.97. The largest absolute Gasteiger partial charge is 0.467 e. The monoisotopic (exact) mass is 192 g/mol. The number of hydrogen-bond donors (Lipinski definition) is 1. The van der Waals surface area contributed by atoms with Crippen LogP contribution in [-0.2, 0) is 0 Å². The summed E-state index contributed by atoms with van der Waals surface area (Å²) in [5.74, 6) is 0.240. The molecule has 0 fully saturated rings. The molecule has 0 aliphatic rings. The van der Waals surface area contributed by atoms with E-state index in [-0.39, 0.29) is 5.82 Å². The van der Waals surface area contributed by atoms with Crippen LogP contribution >= 0.6 is 0 Å². The van der Waals surface area contributed by atoms with Gasteiger partial charge in [-0.15, -0.1) is 0 Å². The topological polar surface area (TPSA) is 52.0 Å². The first-order chi connectivity index (χ1) is 6.77. The van der Waals surface area contributed by atoms with E-state index in [4.69, 9.17) is 10.2 Å². The van der Waals surface area contributed by atoms with Gasteiger partial charge in [0, 0.05) is 0 Å². The molecule has 72 valence electrons. The van der Waals surface area contributed by atoms with Crippen LogP contribution in [0.5, 0.6) is 0 Å². The van der Waals surface area contributed by atoms with E-state index in [2.05, 4.69) is 4.98 Å². The van der Waals surface area contributed by atoms with Gasteiger partial charge in [0.15, 0.2) is 0 Å². The molecule has 2 aromatic rings. The van der Waals surface area contributed by atoms with Crippen LogP contribution in [-0.4, -0.2) is 4.98 Å². The summed E-state index contributed by atoms with van der Waals surface area (Å²) in [5.41, 5.74) is 6.42. The molecule has 0 spiro atoms. The lowest BCUT2D eigenvalue weighted by molar-refractivity contribution is 0.485. The molecule has 0 aliphatic heterocycles. The summed E-state index contributed by atoms with van der Waals surface area (Å²) in [6, 6.07) is 5.94. The maximum absolute atomic E-state index is 12.6. The van der Waals surface area contributed by atoms with Crippen LogP contribution in [0.15, 0.2) is 41.1 Å². The van der Waals surface area contributed by atoms with Crippen molar-refractivity contribution < 1.29 is 8.81 Å². The quantitative estimate of drug-likeness (QED) is 0.790. The van der Waals surface area contributed by atoms with E-state index in [1.165, 1.54) is 6.07 Å². The number of pyridine rings is 1. The number of furan rings is 1. The Kier molecular flexibility index (Phi) is 2.28. The van der Waals surface area contributed by atoms with Gasteiger partial charge < -0.3 is 10.2 Å². The van der Waals surface area contributed by atoms with Crippen LogP contribution in [0, 0.1) is 5.82 Å². The Labute approximate surface area is 80.4 Å². The van der Waals surface area contributed by atoms with Crippen LogP contribution in [0.4, 0.5) is 4.39 Å². The molecule has 1 atom stereocenters. The van der Waals surface area contributed by atoms with Crippen molar-refractivity contribution in [2.24, 2.45) is 5.73 Å². The molecule has 0 saturated carbocycles. The molecule has 0 radical (unpaired) electrons. The van der Waals surface area contributed by atoms with E-state index in [0.717, 1.165) is 6.20 Å². The molecule has 0 aliphatic carbocycles. The summed E-state index contributed by atoms with van der Waals surface area (Å²) in [7, 11) is 0. The molecular weight excluding hydrogens is 183 g/mol. The minimum Gasteiger partial charge on any atom is -0.467 e. The van der Waals surface area contributed by atoms with Crippen molar-refractivity contribution in [2.75, 3.05) is 0 Å². The van der Waals surface area contributed by atoms with Crippen molar-refractivity contribution in [1.82, 2.24) is 4.98 Å². The Morgan fingerprint density at radius 2 is 2.21 bits per heavy atom. The predicted molar refractivity (Wildman–Crippen MR) is 48.9 cm³/mol. The van der Waals surface area contributed by atoms with Crippen LogP contribution in [0.2, 0.25) is 0 Å². The molecular formula is C10H9FN2O. The number of halogens is 1. The highest BCUT2D eigenvalue weighted by molar-refractivity contribution is 5.19. The molecule has 0 aromatic carbocycles. The maximum atomic E-state index is 12.6. The second-order valence-corrected chi connectivity index (χ2v) is 2.89. The van der Waals surface area contributed by atoms with Gasteiger partial charge in [-0.3, -0.25) is 4.98 Å². The Morgan fingerprint density at radius 3 is 2.79 bits per heavy atom. The molecule has 0 saturated heterocycles. The second-order valence-electron chi connectivity index (χ2n) is 2.89. The number of aromatic nitrogens is 1. The van der Waals surface area contributed by atoms with Crippen LogP contribution in [0.3, 0.4) is 0 Å². The number of nitrogens with two attached hydrogens (primary N) is 1. The average molecular weight is 192 g/mol. The first kappa shape index (κ1) is 8.90. The Balaban J connectivity index is 2.28. The highest BCUT2D eigenvalue weighted by atomic mass is 19.1. The Morgan fingerprint density at radius 1 is 1.36 bits per heavy atom. The summed E-state index contributed by atoms with van der Waals surface area (Å²) in [4.78, 5) is 3.87. The molecule has 4 heteroatoms. The third-order valence-corrected chi connectivity index (χ3v) is 1.92. The number of nitrogens with zero attached hydrogens (tertiary/aromatic N) is 1. The fourth-order valence-corrected chi connectivity index (χ4v) is 1.19. The normalized spacial score (nSPS) is 12.7. The van der Waals surface area contributed by atoms with E-state index in [1.807, 2.05) is 0 Å². The molecule has 1 unspecified atom stereocenters. The van der Waals surface area contributed by atoms with Gasteiger partial charge in [-0.25, -0.2) is 4.39 Å². The molecule has 2 N–H and O–H groups in total. The highest BCUT2D eigenvalue weighted by Crippen LogP contribution is 2.17. The van der Waals surface area contributed by atoms with E-state index < -0.39 is 6.04 Å². The fraction of sp³-hybridized carbons (Fsp3) is 0.100. The smallest absolute Gasteiger partial charge is 0.141 e. The second kappa shape index (κ2) is 3.59. The van der Waals surface area contributed by atoms with Gasteiger partial charge in [0.25, 0.3) is 0 Å². The first-order valence-electron chi connectivity index (χ1n) is 4.18. The lowest BCUT2D eigenvalue weighted by Gasteiger charge is -2.06.